The lowest BCUT2D eigenvalue weighted by atomic mass is 10.1. The Morgan fingerprint density at radius 1 is 0.939 bits per heavy atom. The van der Waals surface area contributed by atoms with Gasteiger partial charge in [-0.15, -0.1) is 0 Å². The van der Waals surface area contributed by atoms with E-state index in [1.165, 1.54) is 4.57 Å². The third-order valence-electron chi connectivity index (χ3n) is 5.69. The van der Waals surface area contributed by atoms with Crippen molar-refractivity contribution < 1.29 is 4.79 Å². The molecule has 33 heavy (non-hydrogen) atoms. The average molecular weight is 462 g/mol. The van der Waals surface area contributed by atoms with Gasteiger partial charge in [-0.1, -0.05) is 61.0 Å². The molecule has 0 aliphatic heterocycles. The molecule has 7 heteroatoms. The SMILES string of the molecule is CCc1cccc(C)c1NC(=O)Cn1c(=O)n(Cc2ccc(Cl)cc2)c(=O)c2ccccc21. The minimum absolute atomic E-state index is 0.0824. The summed E-state index contributed by atoms with van der Waals surface area (Å²) in [4.78, 5) is 39.5. The van der Waals surface area contributed by atoms with Crippen LogP contribution in [0.1, 0.15) is 23.6 Å². The second kappa shape index (κ2) is 9.46. The highest BCUT2D eigenvalue weighted by molar-refractivity contribution is 6.30. The van der Waals surface area contributed by atoms with Crippen LogP contribution in [-0.4, -0.2) is 15.0 Å². The van der Waals surface area contributed by atoms with E-state index in [4.69, 9.17) is 11.6 Å². The fraction of sp³-hybridized carbons (Fsp3) is 0.192. The number of halogens is 1. The Hall–Kier alpha value is -3.64. The first-order valence-electron chi connectivity index (χ1n) is 10.7. The maximum atomic E-state index is 13.4. The molecule has 0 atom stereocenters. The van der Waals surface area contributed by atoms with Gasteiger partial charge in [-0.25, -0.2) is 4.79 Å². The molecule has 0 fully saturated rings. The van der Waals surface area contributed by atoms with Crippen LogP contribution < -0.4 is 16.6 Å². The molecule has 6 nitrogen and oxygen atoms in total. The number of hydrogen-bond donors (Lipinski definition) is 1. The van der Waals surface area contributed by atoms with Crippen LogP contribution in [0.4, 0.5) is 5.69 Å². The lowest BCUT2D eigenvalue weighted by molar-refractivity contribution is -0.116. The van der Waals surface area contributed by atoms with E-state index in [-0.39, 0.29) is 19.0 Å². The molecule has 0 bridgehead atoms. The van der Waals surface area contributed by atoms with Crippen molar-refractivity contribution in [1.82, 2.24) is 9.13 Å². The number of hydrogen-bond acceptors (Lipinski definition) is 3. The summed E-state index contributed by atoms with van der Waals surface area (Å²) >= 11 is 5.96. The number of carbonyl (C=O) groups is 1. The van der Waals surface area contributed by atoms with Gasteiger partial charge in [-0.05, 0) is 54.3 Å². The topological polar surface area (TPSA) is 73.1 Å². The number of para-hydroxylation sites is 2. The van der Waals surface area contributed by atoms with Crippen LogP contribution in [-0.2, 0) is 24.3 Å². The fourth-order valence-electron chi connectivity index (χ4n) is 3.96. The Morgan fingerprint density at radius 2 is 1.67 bits per heavy atom. The molecule has 0 saturated carbocycles. The highest BCUT2D eigenvalue weighted by Crippen LogP contribution is 2.21. The smallest absolute Gasteiger partial charge is 0.324 e. The van der Waals surface area contributed by atoms with E-state index in [0.29, 0.717) is 15.9 Å². The molecular weight excluding hydrogens is 438 g/mol. The molecule has 4 rings (SSSR count). The maximum absolute atomic E-state index is 13.4. The van der Waals surface area contributed by atoms with Gasteiger partial charge in [0, 0.05) is 10.7 Å². The first-order valence-corrected chi connectivity index (χ1v) is 11.1. The van der Waals surface area contributed by atoms with Crippen molar-refractivity contribution in [2.24, 2.45) is 0 Å². The average Bonchev–Trinajstić information content (AvgIpc) is 2.82. The van der Waals surface area contributed by atoms with E-state index in [0.717, 1.165) is 33.4 Å². The van der Waals surface area contributed by atoms with Gasteiger partial charge in [-0.3, -0.25) is 18.7 Å². The molecule has 0 aliphatic carbocycles. The van der Waals surface area contributed by atoms with Gasteiger partial charge < -0.3 is 5.32 Å². The normalized spacial score (nSPS) is 11.0. The Morgan fingerprint density at radius 3 is 2.39 bits per heavy atom. The zero-order valence-corrected chi connectivity index (χ0v) is 19.2. The Kier molecular flexibility index (Phi) is 6.47. The summed E-state index contributed by atoms with van der Waals surface area (Å²) < 4.78 is 2.51. The fourth-order valence-corrected chi connectivity index (χ4v) is 4.09. The van der Waals surface area contributed by atoms with Crippen molar-refractivity contribution in [1.29, 1.82) is 0 Å². The van der Waals surface area contributed by atoms with Crippen molar-refractivity contribution in [3.05, 3.63) is 109 Å². The summed E-state index contributed by atoms with van der Waals surface area (Å²) in [5.41, 5.74) is 2.99. The van der Waals surface area contributed by atoms with Crippen LogP contribution in [0, 0.1) is 6.92 Å². The van der Waals surface area contributed by atoms with E-state index in [9.17, 15) is 14.4 Å². The maximum Gasteiger partial charge on any atom is 0.332 e. The van der Waals surface area contributed by atoms with Gasteiger partial charge in [0.25, 0.3) is 5.56 Å². The number of benzene rings is 3. The third-order valence-corrected chi connectivity index (χ3v) is 5.94. The van der Waals surface area contributed by atoms with Crippen LogP contribution in [0.5, 0.6) is 0 Å². The van der Waals surface area contributed by atoms with Gasteiger partial charge >= 0.3 is 5.69 Å². The first-order chi connectivity index (χ1) is 15.9. The predicted molar refractivity (Wildman–Crippen MR) is 132 cm³/mol. The molecule has 1 N–H and O–H groups in total. The quantitative estimate of drug-likeness (QED) is 0.463. The zero-order chi connectivity index (χ0) is 23.5. The minimum atomic E-state index is -0.538. The number of aromatic nitrogens is 2. The van der Waals surface area contributed by atoms with Crippen LogP contribution in [0.15, 0.2) is 76.3 Å². The molecule has 1 amide bonds. The highest BCUT2D eigenvalue weighted by atomic mass is 35.5. The molecule has 0 unspecified atom stereocenters. The van der Waals surface area contributed by atoms with Crippen LogP contribution in [0.3, 0.4) is 0 Å². The van der Waals surface area contributed by atoms with Gasteiger partial charge in [0.05, 0.1) is 17.4 Å². The summed E-state index contributed by atoms with van der Waals surface area (Å²) in [7, 11) is 0. The van der Waals surface area contributed by atoms with Crippen molar-refractivity contribution in [2.45, 2.75) is 33.4 Å². The van der Waals surface area contributed by atoms with Crippen LogP contribution >= 0.6 is 11.6 Å². The van der Waals surface area contributed by atoms with E-state index in [1.54, 1.807) is 48.5 Å². The Bertz CT molecular complexity index is 1450. The lowest BCUT2D eigenvalue weighted by Crippen LogP contribution is -2.42. The van der Waals surface area contributed by atoms with Crippen molar-refractivity contribution in [3.8, 4) is 0 Å². The largest absolute Gasteiger partial charge is 0.332 e. The number of fused-ring (bicyclic) bond motifs is 1. The van der Waals surface area contributed by atoms with E-state index in [1.807, 2.05) is 32.0 Å². The predicted octanol–water partition coefficient (Wildman–Crippen LogP) is 4.37. The Balaban J connectivity index is 1.76. The number of nitrogens with zero attached hydrogens (tertiary/aromatic N) is 2. The molecule has 0 radical (unpaired) electrons. The number of nitrogens with one attached hydrogen (secondary N) is 1. The van der Waals surface area contributed by atoms with Gasteiger partial charge in [0.1, 0.15) is 6.54 Å². The second-order valence-electron chi connectivity index (χ2n) is 7.91. The number of rotatable bonds is 6. The number of amides is 1. The lowest BCUT2D eigenvalue weighted by Gasteiger charge is -2.16. The number of aryl methyl sites for hydroxylation is 2. The van der Waals surface area contributed by atoms with E-state index < -0.39 is 11.2 Å². The van der Waals surface area contributed by atoms with Crippen LogP contribution in [0.25, 0.3) is 10.9 Å². The zero-order valence-electron chi connectivity index (χ0n) is 18.5. The molecule has 1 heterocycles. The summed E-state index contributed by atoms with van der Waals surface area (Å²) in [6.45, 7) is 3.83. The van der Waals surface area contributed by atoms with Gasteiger partial charge in [0.15, 0.2) is 0 Å². The highest BCUT2D eigenvalue weighted by Gasteiger charge is 2.17. The third kappa shape index (κ3) is 4.61. The van der Waals surface area contributed by atoms with Crippen molar-refractivity contribution >= 4 is 34.1 Å². The second-order valence-corrected chi connectivity index (χ2v) is 8.35. The molecular formula is C26H24ClN3O3. The molecule has 4 aromatic rings. The first kappa shape index (κ1) is 22.6. The molecule has 3 aromatic carbocycles. The van der Waals surface area contributed by atoms with Crippen LogP contribution in [0.2, 0.25) is 5.02 Å². The number of carbonyl (C=O) groups excluding carboxylic acids is 1. The van der Waals surface area contributed by atoms with Gasteiger partial charge in [0.2, 0.25) is 5.91 Å². The monoisotopic (exact) mass is 461 g/mol. The van der Waals surface area contributed by atoms with E-state index >= 15 is 0 Å². The van der Waals surface area contributed by atoms with Crippen molar-refractivity contribution in [3.63, 3.8) is 0 Å². The molecule has 0 spiro atoms. The standard InChI is InChI=1S/C26H24ClN3O3/c1-3-19-8-6-7-17(2)24(19)28-23(31)16-29-22-10-5-4-9-21(22)25(32)30(26(29)33)15-18-11-13-20(27)14-12-18/h4-14H,3,15-16H2,1-2H3,(H,28,31). The molecule has 1 aromatic heterocycles. The number of anilines is 1. The summed E-state index contributed by atoms with van der Waals surface area (Å²) in [6.07, 6.45) is 0.770. The Labute approximate surface area is 196 Å². The van der Waals surface area contributed by atoms with E-state index in [2.05, 4.69) is 5.32 Å². The summed E-state index contributed by atoms with van der Waals surface area (Å²) in [5, 5.41) is 3.91. The van der Waals surface area contributed by atoms with Crippen molar-refractivity contribution in [2.75, 3.05) is 5.32 Å². The minimum Gasteiger partial charge on any atom is -0.324 e. The molecule has 168 valence electrons. The molecule has 0 aliphatic rings. The van der Waals surface area contributed by atoms with Gasteiger partial charge in [-0.2, -0.15) is 0 Å². The summed E-state index contributed by atoms with van der Waals surface area (Å²) in [5.74, 6) is -0.331. The summed E-state index contributed by atoms with van der Waals surface area (Å²) in [6, 6.07) is 19.7. The molecule has 0 saturated heterocycles.